The summed E-state index contributed by atoms with van der Waals surface area (Å²) in [6.07, 6.45) is 1.56. The van der Waals surface area contributed by atoms with Crippen molar-refractivity contribution in [3.8, 4) is 22.6 Å². The Labute approximate surface area is 116 Å². The number of ether oxygens (including phenoxy) is 1. The van der Waals surface area contributed by atoms with Crippen LogP contribution in [-0.4, -0.2) is 23.3 Å². The fourth-order valence-corrected chi connectivity index (χ4v) is 2.68. The molecule has 102 valence electrons. The third kappa shape index (κ3) is 1.90. The van der Waals surface area contributed by atoms with Gasteiger partial charge in [0.1, 0.15) is 17.1 Å². The van der Waals surface area contributed by atoms with E-state index in [2.05, 4.69) is 4.74 Å². The number of methoxy groups -OCH3 is 1. The maximum Gasteiger partial charge on any atom is 0.341 e. The van der Waals surface area contributed by atoms with Gasteiger partial charge >= 0.3 is 5.97 Å². The number of aryl methyl sites for hydroxylation is 2. The molecule has 0 aromatic heterocycles. The highest BCUT2D eigenvalue weighted by atomic mass is 16.5. The van der Waals surface area contributed by atoms with Crippen LogP contribution in [0.1, 0.15) is 21.5 Å². The zero-order valence-corrected chi connectivity index (χ0v) is 11.0. The van der Waals surface area contributed by atoms with E-state index < -0.39 is 5.97 Å². The van der Waals surface area contributed by atoms with Crippen LogP contribution in [0, 0.1) is 0 Å². The molecule has 2 N–H and O–H groups in total. The largest absolute Gasteiger partial charge is 0.508 e. The number of phenols is 2. The van der Waals surface area contributed by atoms with Gasteiger partial charge in [0.15, 0.2) is 0 Å². The predicted molar refractivity (Wildman–Crippen MR) is 74.0 cm³/mol. The molecule has 0 atom stereocenters. The Kier molecular flexibility index (Phi) is 2.86. The Balaban J connectivity index is 2.20. The number of esters is 1. The molecular weight excluding hydrogens is 256 g/mol. The highest BCUT2D eigenvalue weighted by Gasteiger charge is 2.21. The Morgan fingerprint density at radius 3 is 2.45 bits per heavy atom. The van der Waals surface area contributed by atoms with Gasteiger partial charge in [-0.1, -0.05) is 6.07 Å². The average Bonchev–Trinajstić information content (AvgIpc) is 2.45. The van der Waals surface area contributed by atoms with Gasteiger partial charge in [-0.05, 0) is 59.4 Å². The third-order valence-corrected chi connectivity index (χ3v) is 3.67. The van der Waals surface area contributed by atoms with Crippen molar-refractivity contribution in [3.05, 3.63) is 47.0 Å². The van der Waals surface area contributed by atoms with Crippen molar-refractivity contribution in [2.45, 2.75) is 12.8 Å². The standard InChI is InChI=1S/C16H14O4/c1-20-16(19)14-8-13-10(7-15(14)18)3-2-9-6-11(17)4-5-12(9)13/h4-8,17-18H,2-3H2,1H3. The van der Waals surface area contributed by atoms with Gasteiger partial charge in [-0.15, -0.1) is 0 Å². The summed E-state index contributed by atoms with van der Waals surface area (Å²) in [7, 11) is 1.28. The van der Waals surface area contributed by atoms with Crippen molar-refractivity contribution < 1.29 is 19.7 Å². The van der Waals surface area contributed by atoms with Gasteiger partial charge in [0.05, 0.1) is 7.11 Å². The van der Waals surface area contributed by atoms with Crippen molar-refractivity contribution >= 4 is 5.97 Å². The van der Waals surface area contributed by atoms with Crippen LogP contribution in [0.15, 0.2) is 30.3 Å². The molecule has 0 bridgehead atoms. The van der Waals surface area contributed by atoms with Gasteiger partial charge < -0.3 is 14.9 Å². The van der Waals surface area contributed by atoms with Crippen molar-refractivity contribution in [3.63, 3.8) is 0 Å². The second-order valence-corrected chi connectivity index (χ2v) is 4.86. The first-order chi connectivity index (χ1) is 9.60. The quantitative estimate of drug-likeness (QED) is 0.782. The molecule has 0 radical (unpaired) electrons. The molecule has 0 saturated heterocycles. The van der Waals surface area contributed by atoms with Crippen molar-refractivity contribution in [2.24, 2.45) is 0 Å². The fourth-order valence-electron chi connectivity index (χ4n) is 2.68. The number of benzene rings is 2. The lowest BCUT2D eigenvalue weighted by molar-refractivity contribution is 0.0597. The Morgan fingerprint density at radius 2 is 1.75 bits per heavy atom. The minimum absolute atomic E-state index is 0.0576. The van der Waals surface area contributed by atoms with E-state index in [9.17, 15) is 15.0 Å². The summed E-state index contributed by atoms with van der Waals surface area (Å²) in [4.78, 5) is 11.7. The Bertz CT molecular complexity index is 704. The van der Waals surface area contributed by atoms with E-state index in [0.29, 0.717) is 0 Å². The summed E-state index contributed by atoms with van der Waals surface area (Å²) in [6.45, 7) is 0. The van der Waals surface area contributed by atoms with Crippen LogP contribution in [0.2, 0.25) is 0 Å². The average molecular weight is 270 g/mol. The molecule has 20 heavy (non-hydrogen) atoms. The first-order valence-electron chi connectivity index (χ1n) is 6.36. The van der Waals surface area contributed by atoms with Gasteiger partial charge in [0, 0.05) is 0 Å². The zero-order chi connectivity index (χ0) is 14.3. The third-order valence-electron chi connectivity index (χ3n) is 3.67. The van der Waals surface area contributed by atoms with Crippen LogP contribution in [0.3, 0.4) is 0 Å². The molecule has 0 amide bonds. The van der Waals surface area contributed by atoms with E-state index >= 15 is 0 Å². The van der Waals surface area contributed by atoms with E-state index in [0.717, 1.165) is 35.1 Å². The van der Waals surface area contributed by atoms with Crippen LogP contribution in [0.25, 0.3) is 11.1 Å². The van der Waals surface area contributed by atoms with Gasteiger partial charge in [-0.3, -0.25) is 0 Å². The number of fused-ring (bicyclic) bond motifs is 3. The monoisotopic (exact) mass is 270 g/mol. The fraction of sp³-hybridized carbons (Fsp3) is 0.188. The molecule has 4 nitrogen and oxygen atoms in total. The van der Waals surface area contributed by atoms with E-state index in [1.165, 1.54) is 7.11 Å². The second-order valence-electron chi connectivity index (χ2n) is 4.86. The first-order valence-corrected chi connectivity index (χ1v) is 6.36. The molecule has 2 aromatic carbocycles. The molecule has 0 fully saturated rings. The topological polar surface area (TPSA) is 66.8 Å². The van der Waals surface area contributed by atoms with Gasteiger partial charge in [-0.25, -0.2) is 4.79 Å². The molecular formula is C16H14O4. The SMILES string of the molecule is COC(=O)c1cc2c(cc1O)CCc1cc(O)ccc1-2. The normalized spacial score (nSPS) is 12.4. The highest BCUT2D eigenvalue weighted by Crippen LogP contribution is 2.38. The predicted octanol–water partition coefficient (Wildman–Crippen LogP) is 2.65. The van der Waals surface area contributed by atoms with E-state index in [1.807, 2.05) is 6.07 Å². The maximum absolute atomic E-state index is 11.7. The number of phenolic OH excluding ortho intramolecular Hbond substituents is 2. The van der Waals surface area contributed by atoms with Crippen LogP contribution < -0.4 is 0 Å². The lowest BCUT2D eigenvalue weighted by atomic mass is 9.84. The molecule has 4 heteroatoms. The second kappa shape index (κ2) is 4.56. The minimum atomic E-state index is -0.559. The molecule has 0 aliphatic heterocycles. The van der Waals surface area contributed by atoms with Crippen LogP contribution in [-0.2, 0) is 17.6 Å². The van der Waals surface area contributed by atoms with Crippen molar-refractivity contribution in [1.82, 2.24) is 0 Å². The summed E-state index contributed by atoms with van der Waals surface area (Å²) < 4.78 is 4.68. The molecule has 2 aromatic rings. The van der Waals surface area contributed by atoms with E-state index in [-0.39, 0.29) is 17.1 Å². The molecule has 0 unspecified atom stereocenters. The maximum atomic E-state index is 11.7. The highest BCUT2D eigenvalue weighted by molar-refractivity contribution is 5.95. The van der Waals surface area contributed by atoms with E-state index in [1.54, 1.807) is 24.3 Å². The lowest BCUT2D eigenvalue weighted by Gasteiger charge is -2.21. The molecule has 1 aliphatic rings. The van der Waals surface area contributed by atoms with Crippen molar-refractivity contribution in [1.29, 1.82) is 0 Å². The van der Waals surface area contributed by atoms with Crippen LogP contribution in [0.4, 0.5) is 0 Å². The Morgan fingerprint density at radius 1 is 1.05 bits per heavy atom. The van der Waals surface area contributed by atoms with Crippen LogP contribution in [0.5, 0.6) is 11.5 Å². The van der Waals surface area contributed by atoms with Gasteiger partial charge in [0.2, 0.25) is 0 Å². The minimum Gasteiger partial charge on any atom is -0.508 e. The molecule has 1 aliphatic carbocycles. The summed E-state index contributed by atoms with van der Waals surface area (Å²) >= 11 is 0. The van der Waals surface area contributed by atoms with Crippen molar-refractivity contribution in [2.75, 3.05) is 7.11 Å². The number of rotatable bonds is 1. The number of hydrogen-bond acceptors (Lipinski definition) is 4. The smallest absolute Gasteiger partial charge is 0.341 e. The zero-order valence-electron chi connectivity index (χ0n) is 11.0. The molecule has 0 heterocycles. The summed E-state index contributed by atoms with van der Waals surface area (Å²) in [6, 6.07) is 8.48. The molecule has 3 rings (SSSR count). The first kappa shape index (κ1) is 12.5. The number of aromatic hydroxyl groups is 2. The molecule has 0 saturated carbocycles. The van der Waals surface area contributed by atoms with Gasteiger partial charge in [0.25, 0.3) is 0 Å². The van der Waals surface area contributed by atoms with Crippen LogP contribution >= 0.6 is 0 Å². The lowest BCUT2D eigenvalue weighted by Crippen LogP contribution is -2.07. The summed E-state index contributed by atoms with van der Waals surface area (Å²) in [5.74, 6) is -0.381. The van der Waals surface area contributed by atoms with Gasteiger partial charge in [-0.2, -0.15) is 0 Å². The molecule has 0 spiro atoms. The number of carbonyl (C=O) groups is 1. The number of hydrogen-bond donors (Lipinski definition) is 2. The summed E-state index contributed by atoms with van der Waals surface area (Å²) in [5.41, 5.74) is 4.08. The number of carbonyl (C=O) groups excluding carboxylic acids is 1. The Hall–Kier alpha value is -2.49. The summed E-state index contributed by atoms with van der Waals surface area (Å²) in [5, 5.41) is 19.5. The van der Waals surface area contributed by atoms with E-state index in [4.69, 9.17) is 0 Å².